The molecule has 1 saturated heterocycles. The van der Waals surface area contributed by atoms with Gasteiger partial charge in [-0.25, -0.2) is 0 Å². The van der Waals surface area contributed by atoms with Crippen molar-refractivity contribution in [3.63, 3.8) is 0 Å². The monoisotopic (exact) mass is 290 g/mol. The van der Waals surface area contributed by atoms with Crippen LogP contribution in [0.25, 0.3) is 0 Å². The number of likely N-dealkylation sites (tertiary alicyclic amines) is 1. The summed E-state index contributed by atoms with van der Waals surface area (Å²) >= 11 is 0. The molecule has 2 unspecified atom stereocenters. The molecule has 1 aliphatic heterocycles. The smallest absolute Gasteiger partial charge is 0.118 e. The summed E-state index contributed by atoms with van der Waals surface area (Å²) in [7, 11) is 4.00. The van der Waals surface area contributed by atoms with E-state index in [9.17, 15) is 0 Å². The number of benzene rings is 1. The normalized spacial score (nSPS) is 23.8. The third-order valence-corrected chi connectivity index (χ3v) is 4.55. The molecule has 0 aliphatic carbocycles. The van der Waals surface area contributed by atoms with Crippen molar-refractivity contribution in [2.75, 3.05) is 33.8 Å². The largest absolute Gasteiger partial charge is 0.497 e. The number of rotatable bonds is 6. The van der Waals surface area contributed by atoms with E-state index in [0.29, 0.717) is 12.0 Å². The summed E-state index contributed by atoms with van der Waals surface area (Å²) in [6.45, 7) is 5.67. The lowest BCUT2D eigenvalue weighted by Gasteiger charge is -2.33. The third-order valence-electron chi connectivity index (χ3n) is 4.55. The summed E-state index contributed by atoms with van der Waals surface area (Å²) in [6.07, 6.45) is 5.18. The molecule has 1 aliphatic rings. The summed E-state index contributed by atoms with van der Waals surface area (Å²) in [5, 5.41) is 3.62. The quantitative estimate of drug-likeness (QED) is 0.812. The van der Waals surface area contributed by atoms with Gasteiger partial charge in [-0.05, 0) is 69.6 Å². The van der Waals surface area contributed by atoms with Crippen LogP contribution in [-0.2, 0) is 0 Å². The predicted molar refractivity (Wildman–Crippen MR) is 88.9 cm³/mol. The van der Waals surface area contributed by atoms with Crippen LogP contribution in [0.3, 0.4) is 0 Å². The van der Waals surface area contributed by atoms with Gasteiger partial charge in [0.1, 0.15) is 5.75 Å². The van der Waals surface area contributed by atoms with Gasteiger partial charge < -0.3 is 10.1 Å². The van der Waals surface area contributed by atoms with E-state index >= 15 is 0 Å². The number of nitrogens with zero attached hydrogens (tertiary/aromatic N) is 1. The average molecular weight is 290 g/mol. The summed E-state index contributed by atoms with van der Waals surface area (Å²) in [5.74, 6) is 1.63. The summed E-state index contributed by atoms with van der Waals surface area (Å²) in [6, 6.07) is 9.16. The van der Waals surface area contributed by atoms with Gasteiger partial charge in [-0.2, -0.15) is 0 Å². The molecule has 2 rings (SSSR count). The van der Waals surface area contributed by atoms with Gasteiger partial charge in [-0.3, -0.25) is 4.90 Å². The van der Waals surface area contributed by atoms with Crippen LogP contribution < -0.4 is 10.1 Å². The van der Waals surface area contributed by atoms with E-state index in [2.05, 4.69) is 48.5 Å². The molecule has 0 bridgehead atoms. The van der Waals surface area contributed by atoms with Crippen LogP contribution in [0, 0.1) is 5.92 Å². The van der Waals surface area contributed by atoms with Gasteiger partial charge in [0.25, 0.3) is 0 Å². The van der Waals surface area contributed by atoms with E-state index in [1.807, 2.05) is 0 Å². The minimum Gasteiger partial charge on any atom is -0.497 e. The summed E-state index contributed by atoms with van der Waals surface area (Å²) in [5.41, 5.74) is 1.42. The second-order valence-electron chi connectivity index (χ2n) is 6.16. The minimum atomic E-state index is 0.516. The maximum Gasteiger partial charge on any atom is 0.118 e. The molecule has 0 saturated carbocycles. The molecule has 0 amide bonds. The van der Waals surface area contributed by atoms with E-state index in [4.69, 9.17) is 4.74 Å². The van der Waals surface area contributed by atoms with Crippen molar-refractivity contribution < 1.29 is 4.74 Å². The fourth-order valence-electron chi connectivity index (χ4n) is 3.43. The molecule has 1 N–H and O–H groups in total. The van der Waals surface area contributed by atoms with Crippen LogP contribution in [0.1, 0.15) is 44.2 Å². The number of nitrogens with one attached hydrogen (secondary N) is 1. The first-order valence-electron chi connectivity index (χ1n) is 8.31. The lowest BCUT2D eigenvalue weighted by Crippen LogP contribution is -2.35. The van der Waals surface area contributed by atoms with Crippen LogP contribution in [0.15, 0.2) is 24.3 Å². The van der Waals surface area contributed by atoms with Crippen molar-refractivity contribution in [3.8, 4) is 5.75 Å². The van der Waals surface area contributed by atoms with Crippen LogP contribution >= 0.6 is 0 Å². The standard InChI is InChI=1S/C18H30N2O/c1-4-12-19-14-16-7-5-6-13-20(2)18(16)15-8-10-17(21-3)11-9-15/h8-11,16,18-19H,4-7,12-14H2,1-3H3. The predicted octanol–water partition coefficient (Wildman–Crippen LogP) is 3.47. The van der Waals surface area contributed by atoms with Crippen molar-refractivity contribution in [1.29, 1.82) is 0 Å². The molecule has 118 valence electrons. The molecule has 21 heavy (non-hydrogen) atoms. The fraction of sp³-hybridized carbons (Fsp3) is 0.667. The highest BCUT2D eigenvalue weighted by atomic mass is 16.5. The molecule has 0 spiro atoms. The van der Waals surface area contributed by atoms with Crippen LogP contribution in [0.4, 0.5) is 0 Å². The Hall–Kier alpha value is -1.06. The Bertz CT molecular complexity index is 404. The van der Waals surface area contributed by atoms with Gasteiger partial charge in [0.2, 0.25) is 0 Å². The highest BCUT2D eigenvalue weighted by Crippen LogP contribution is 2.34. The summed E-state index contributed by atoms with van der Waals surface area (Å²) in [4.78, 5) is 2.53. The molecule has 1 aromatic carbocycles. The molecule has 2 atom stereocenters. The van der Waals surface area contributed by atoms with E-state index in [1.54, 1.807) is 7.11 Å². The first-order chi connectivity index (χ1) is 10.3. The lowest BCUT2D eigenvalue weighted by atomic mass is 9.89. The van der Waals surface area contributed by atoms with Crippen LogP contribution in [0.5, 0.6) is 5.75 Å². The van der Waals surface area contributed by atoms with E-state index in [1.165, 1.54) is 37.8 Å². The van der Waals surface area contributed by atoms with Crippen molar-refractivity contribution in [1.82, 2.24) is 10.2 Å². The van der Waals surface area contributed by atoms with Gasteiger partial charge in [-0.15, -0.1) is 0 Å². The minimum absolute atomic E-state index is 0.516. The van der Waals surface area contributed by atoms with Crippen LogP contribution in [0.2, 0.25) is 0 Å². The van der Waals surface area contributed by atoms with Gasteiger partial charge in [0.15, 0.2) is 0 Å². The lowest BCUT2D eigenvalue weighted by molar-refractivity contribution is 0.189. The SMILES string of the molecule is CCCNCC1CCCCN(C)C1c1ccc(OC)cc1. The fourth-order valence-corrected chi connectivity index (χ4v) is 3.43. The molecular formula is C18H30N2O. The van der Waals surface area contributed by atoms with Crippen molar-refractivity contribution in [3.05, 3.63) is 29.8 Å². The molecule has 0 aromatic heterocycles. The van der Waals surface area contributed by atoms with Gasteiger partial charge in [0, 0.05) is 6.04 Å². The first kappa shape index (κ1) is 16.3. The highest BCUT2D eigenvalue weighted by Gasteiger charge is 2.28. The second-order valence-corrected chi connectivity index (χ2v) is 6.16. The Morgan fingerprint density at radius 1 is 1.24 bits per heavy atom. The second kappa shape index (κ2) is 8.40. The Morgan fingerprint density at radius 2 is 2.00 bits per heavy atom. The number of methoxy groups -OCH3 is 1. The molecule has 3 heteroatoms. The number of ether oxygens (including phenoxy) is 1. The Kier molecular flexibility index (Phi) is 6.52. The van der Waals surface area contributed by atoms with Gasteiger partial charge in [0.05, 0.1) is 7.11 Å². The van der Waals surface area contributed by atoms with E-state index in [-0.39, 0.29) is 0 Å². The van der Waals surface area contributed by atoms with Crippen molar-refractivity contribution in [2.24, 2.45) is 5.92 Å². The summed E-state index contributed by atoms with van der Waals surface area (Å²) < 4.78 is 5.29. The number of hydrogen-bond acceptors (Lipinski definition) is 3. The zero-order chi connectivity index (χ0) is 15.1. The average Bonchev–Trinajstić information content (AvgIpc) is 2.69. The molecule has 1 aromatic rings. The Morgan fingerprint density at radius 3 is 2.67 bits per heavy atom. The molecule has 1 heterocycles. The van der Waals surface area contributed by atoms with E-state index < -0.39 is 0 Å². The van der Waals surface area contributed by atoms with E-state index in [0.717, 1.165) is 18.8 Å². The molecule has 0 radical (unpaired) electrons. The van der Waals surface area contributed by atoms with Crippen molar-refractivity contribution in [2.45, 2.75) is 38.6 Å². The highest BCUT2D eigenvalue weighted by molar-refractivity contribution is 5.29. The van der Waals surface area contributed by atoms with Gasteiger partial charge in [-0.1, -0.05) is 25.5 Å². The Balaban J connectivity index is 2.14. The maximum absolute atomic E-state index is 5.29. The van der Waals surface area contributed by atoms with Gasteiger partial charge >= 0.3 is 0 Å². The molecular weight excluding hydrogens is 260 g/mol. The molecule has 3 nitrogen and oxygen atoms in total. The third kappa shape index (κ3) is 4.45. The molecule has 1 fully saturated rings. The zero-order valence-electron chi connectivity index (χ0n) is 13.8. The topological polar surface area (TPSA) is 24.5 Å². The zero-order valence-corrected chi connectivity index (χ0v) is 13.8. The van der Waals surface area contributed by atoms with Crippen LogP contribution in [-0.4, -0.2) is 38.7 Å². The number of hydrogen-bond donors (Lipinski definition) is 1. The Labute approximate surface area is 129 Å². The van der Waals surface area contributed by atoms with Crippen molar-refractivity contribution >= 4 is 0 Å². The first-order valence-corrected chi connectivity index (χ1v) is 8.31. The maximum atomic E-state index is 5.29.